The number of primary amides is 1. The molecule has 0 aliphatic heterocycles. The van der Waals surface area contributed by atoms with E-state index in [1.165, 1.54) is 6.92 Å². The number of nitrogens with one attached hydrogen (secondary N) is 4. The minimum Gasteiger partial charge on any atom is -0.495 e. The first kappa shape index (κ1) is 47.2. The smallest absolute Gasteiger partial charge is 0.243 e. The number of carbonyl (C=O) groups is 5. The molecule has 308 valence electrons. The van der Waals surface area contributed by atoms with Gasteiger partial charge in [-0.05, 0) is 113 Å². The van der Waals surface area contributed by atoms with Gasteiger partial charge in [0.15, 0.2) is 5.96 Å². The van der Waals surface area contributed by atoms with E-state index in [2.05, 4.69) is 71.4 Å². The molecule has 19 heteroatoms. The van der Waals surface area contributed by atoms with Gasteiger partial charge in [0.05, 0.1) is 30.3 Å². The molecule has 0 unspecified atom stereocenters. The van der Waals surface area contributed by atoms with Crippen molar-refractivity contribution in [1.29, 1.82) is 0 Å². The number of guanidine groups is 1. The highest BCUT2D eigenvalue weighted by molar-refractivity contribution is 14.1. The van der Waals surface area contributed by atoms with Gasteiger partial charge in [-0.15, -0.1) is 0 Å². The Hall–Kier alpha value is -3.14. The number of methoxy groups -OCH3 is 1. The standard InChI is InChI=1S/C37H51Cl2I2N9O6/c1-19(42)33(52)48-29(17-21-10-11-23(38)24(39)13-21)35(54)50-30(18-22-14-25(40)31(56-2)26(41)15-22)36(55)49-28(16-20-7-4-3-5-8-20)34(53)47-27(32(43)51)9-6-12-46-37(44)45/h10-11,13-15,19-20,27-30H,3-9,12,16-18,42H2,1-2H3,(H2,43,51)(H,47,53)(H,48,52)(H,49,55)(H,50,54)(H4,44,45,46)/t19-,27-,28-,29-,30-/m0/s1. The van der Waals surface area contributed by atoms with Crippen LogP contribution in [0, 0.1) is 13.1 Å². The highest BCUT2D eigenvalue weighted by Crippen LogP contribution is 2.30. The van der Waals surface area contributed by atoms with E-state index in [4.69, 9.17) is 50.9 Å². The SMILES string of the molecule is COc1c(I)cc(C[C@H](NC(=O)[C@H](Cc2ccc(Cl)c(Cl)c2)NC(=O)[C@H](C)N)C(=O)N[C@@H](CC2CCCCC2)C(=O)N[C@@H](CCCN=C(N)N)C(N)=O)cc1I. The van der Waals surface area contributed by atoms with Crippen molar-refractivity contribution in [3.8, 4) is 5.75 Å². The Morgan fingerprint density at radius 2 is 1.32 bits per heavy atom. The summed E-state index contributed by atoms with van der Waals surface area (Å²) in [5.41, 5.74) is 23.6. The second-order valence-electron chi connectivity index (χ2n) is 13.9. The molecule has 5 amide bonds. The highest BCUT2D eigenvalue weighted by Gasteiger charge is 2.33. The lowest BCUT2D eigenvalue weighted by Crippen LogP contribution is -2.59. The maximum atomic E-state index is 14.4. The van der Waals surface area contributed by atoms with Crippen molar-refractivity contribution in [2.75, 3.05) is 13.7 Å². The molecule has 1 fully saturated rings. The second kappa shape index (κ2) is 23.3. The Morgan fingerprint density at radius 3 is 1.86 bits per heavy atom. The van der Waals surface area contributed by atoms with Crippen molar-refractivity contribution in [2.45, 2.75) is 101 Å². The zero-order valence-electron chi connectivity index (χ0n) is 31.3. The van der Waals surface area contributed by atoms with Crippen LogP contribution in [0.3, 0.4) is 0 Å². The Morgan fingerprint density at radius 1 is 0.786 bits per heavy atom. The number of benzene rings is 2. The van der Waals surface area contributed by atoms with Crippen molar-refractivity contribution >= 4 is 104 Å². The van der Waals surface area contributed by atoms with Crippen molar-refractivity contribution in [3.63, 3.8) is 0 Å². The van der Waals surface area contributed by atoms with Gasteiger partial charge in [0.1, 0.15) is 29.9 Å². The molecule has 0 saturated heterocycles. The molecule has 1 saturated carbocycles. The van der Waals surface area contributed by atoms with Crippen molar-refractivity contribution in [2.24, 2.45) is 33.8 Å². The van der Waals surface area contributed by atoms with Gasteiger partial charge in [-0.3, -0.25) is 29.0 Å². The van der Waals surface area contributed by atoms with E-state index >= 15 is 0 Å². The number of nitrogens with zero attached hydrogens (tertiary/aromatic N) is 1. The van der Waals surface area contributed by atoms with Gasteiger partial charge in [-0.2, -0.15) is 0 Å². The molecule has 0 aromatic heterocycles. The number of nitrogens with two attached hydrogens (primary N) is 4. The molecular weight excluding hydrogens is 991 g/mol. The Kier molecular flexibility index (Phi) is 19.7. The predicted octanol–water partition coefficient (Wildman–Crippen LogP) is 2.79. The van der Waals surface area contributed by atoms with Crippen LogP contribution in [0.15, 0.2) is 35.3 Å². The lowest BCUT2D eigenvalue weighted by atomic mass is 9.84. The van der Waals surface area contributed by atoms with Crippen LogP contribution in [0.25, 0.3) is 0 Å². The van der Waals surface area contributed by atoms with Crippen LogP contribution in [-0.4, -0.2) is 79.4 Å². The molecule has 2 aromatic rings. The number of amides is 5. The van der Waals surface area contributed by atoms with Gasteiger partial charge in [-0.1, -0.05) is 61.4 Å². The minimum atomic E-state index is -1.22. The Labute approximate surface area is 364 Å². The summed E-state index contributed by atoms with van der Waals surface area (Å²) in [5.74, 6) is -2.55. The number of hydrogen-bond acceptors (Lipinski definition) is 8. The van der Waals surface area contributed by atoms with E-state index in [1.807, 2.05) is 12.1 Å². The van der Waals surface area contributed by atoms with Crippen molar-refractivity contribution in [3.05, 3.63) is 58.6 Å². The van der Waals surface area contributed by atoms with Crippen LogP contribution in [0.5, 0.6) is 5.75 Å². The van der Waals surface area contributed by atoms with Gasteiger partial charge >= 0.3 is 0 Å². The number of ether oxygens (including phenoxy) is 1. The fraction of sp³-hybridized carbons (Fsp3) is 0.514. The van der Waals surface area contributed by atoms with Crippen molar-refractivity contribution in [1.82, 2.24) is 21.3 Å². The van der Waals surface area contributed by atoms with E-state index in [0.29, 0.717) is 34.7 Å². The topological polar surface area (TPSA) is 259 Å². The molecule has 5 atom stereocenters. The summed E-state index contributed by atoms with van der Waals surface area (Å²) < 4.78 is 7.09. The quantitative estimate of drug-likeness (QED) is 0.0419. The van der Waals surface area contributed by atoms with E-state index in [0.717, 1.165) is 39.2 Å². The fourth-order valence-electron chi connectivity index (χ4n) is 6.38. The molecule has 1 aliphatic rings. The average molecular weight is 1040 g/mol. The molecule has 12 N–H and O–H groups in total. The lowest BCUT2D eigenvalue weighted by molar-refractivity contribution is -0.134. The third-order valence-corrected chi connectivity index (χ3v) is 11.7. The van der Waals surface area contributed by atoms with Gasteiger partial charge < -0.3 is 48.9 Å². The predicted molar refractivity (Wildman–Crippen MR) is 234 cm³/mol. The minimum absolute atomic E-state index is 0.00173. The molecule has 0 radical (unpaired) electrons. The van der Waals surface area contributed by atoms with Gasteiger partial charge in [-0.25, -0.2) is 0 Å². The number of halogens is 4. The van der Waals surface area contributed by atoms with Crippen LogP contribution in [0.2, 0.25) is 10.0 Å². The lowest BCUT2D eigenvalue weighted by Gasteiger charge is -2.30. The van der Waals surface area contributed by atoms with E-state index in [-0.39, 0.29) is 42.7 Å². The first-order valence-corrected chi connectivity index (χ1v) is 21.2. The zero-order valence-corrected chi connectivity index (χ0v) is 37.2. The van der Waals surface area contributed by atoms with Gasteiger partial charge in [0, 0.05) is 19.4 Å². The summed E-state index contributed by atoms with van der Waals surface area (Å²) in [6.07, 6.45) is 5.65. The number of rotatable bonds is 20. The number of aliphatic imine (C=N–C) groups is 1. The summed E-state index contributed by atoms with van der Waals surface area (Å²) in [5, 5.41) is 11.7. The van der Waals surface area contributed by atoms with Crippen LogP contribution >= 0.6 is 68.4 Å². The Balaban J connectivity index is 1.98. The molecule has 0 bridgehead atoms. The normalized spacial score (nSPS) is 15.6. The molecule has 0 heterocycles. The van der Waals surface area contributed by atoms with Gasteiger partial charge in [0.2, 0.25) is 29.5 Å². The molecule has 15 nitrogen and oxygen atoms in total. The summed E-state index contributed by atoms with van der Waals surface area (Å²) in [6, 6.07) is 3.08. The van der Waals surface area contributed by atoms with E-state index in [9.17, 15) is 24.0 Å². The summed E-state index contributed by atoms with van der Waals surface area (Å²) in [7, 11) is 1.56. The zero-order chi connectivity index (χ0) is 41.5. The number of hydrogen-bond donors (Lipinski definition) is 8. The molecule has 56 heavy (non-hydrogen) atoms. The van der Waals surface area contributed by atoms with Crippen molar-refractivity contribution < 1.29 is 28.7 Å². The van der Waals surface area contributed by atoms with Crippen LogP contribution < -0.4 is 48.9 Å². The first-order valence-electron chi connectivity index (χ1n) is 18.3. The van der Waals surface area contributed by atoms with Crippen LogP contribution in [-0.2, 0) is 36.8 Å². The average Bonchev–Trinajstić information content (AvgIpc) is 3.13. The molecule has 0 spiro atoms. The maximum Gasteiger partial charge on any atom is 0.243 e. The first-order chi connectivity index (χ1) is 26.5. The second-order valence-corrected chi connectivity index (χ2v) is 17.0. The fourth-order valence-corrected chi connectivity index (χ4v) is 9.04. The summed E-state index contributed by atoms with van der Waals surface area (Å²) >= 11 is 16.6. The van der Waals surface area contributed by atoms with Gasteiger partial charge in [0.25, 0.3) is 0 Å². The maximum absolute atomic E-state index is 14.4. The van der Waals surface area contributed by atoms with Crippen LogP contribution in [0.1, 0.15) is 69.4 Å². The van der Waals surface area contributed by atoms with E-state index < -0.39 is 59.7 Å². The van der Waals surface area contributed by atoms with E-state index in [1.54, 1.807) is 25.3 Å². The summed E-state index contributed by atoms with van der Waals surface area (Å²) in [4.78, 5) is 71.6. The highest BCUT2D eigenvalue weighted by atomic mass is 127. The number of carbonyl (C=O) groups excluding carboxylic acids is 5. The Bertz CT molecular complexity index is 1720. The molecule has 3 rings (SSSR count). The molecule has 2 aromatic carbocycles. The van der Waals surface area contributed by atoms with Crippen LogP contribution in [0.4, 0.5) is 0 Å². The largest absolute Gasteiger partial charge is 0.495 e. The molecule has 1 aliphatic carbocycles. The summed E-state index contributed by atoms with van der Waals surface area (Å²) in [6.45, 7) is 1.71. The monoisotopic (exact) mass is 1040 g/mol. The third kappa shape index (κ3) is 15.3. The molecular formula is C37H51Cl2I2N9O6. The third-order valence-electron chi connectivity index (χ3n) is 9.34.